The summed E-state index contributed by atoms with van der Waals surface area (Å²) in [4.78, 5) is 11.5. The summed E-state index contributed by atoms with van der Waals surface area (Å²) < 4.78 is 14.9. The number of phenolic OH excluding ortho intramolecular Hbond substituents is 1. The van der Waals surface area contributed by atoms with Gasteiger partial charge in [-0.1, -0.05) is 35.3 Å². The molecule has 0 aromatic heterocycles. The fourth-order valence-corrected chi connectivity index (χ4v) is 4.46. The van der Waals surface area contributed by atoms with Gasteiger partial charge in [-0.05, 0) is 89.6 Å². The molecule has 2 N–H and O–H groups in total. The number of benzene rings is 3. The number of hydrogen-bond acceptors (Lipinski definition) is 2. The highest BCUT2D eigenvalue weighted by molar-refractivity contribution is 6.36. The second-order valence-corrected chi connectivity index (χ2v) is 8.02. The van der Waals surface area contributed by atoms with Crippen LogP contribution in [0.3, 0.4) is 0 Å². The van der Waals surface area contributed by atoms with Crippen LogP contribution in [0.25, 0.3) is 11.1 Å². The molecule has 0 radical (unpaired) electrons. The maximum atomic E-state index is 14.9. The Bertz CT molecular complexity index is 1200. The van der Waals surface area contributed by atoms with Crippen LogP contribution in [0.5, 0.6) is 5.75 Å². The average Bonchev–Trinajstić information content (AvgIpc) is 2.88. The second-order valence-electron chi connectivity index (χ2n) is 7.17. The van der Waals surface area contributed by atoms with Crippen molar-refractivity contribution in [2.45, 2.75) is 19.3 Å². The van der Waals surface area contributed by atoms with Crippen LogP contribution < -0.4 is 0 Å². The number of rotatable bonds is 3. The normalized spacial score (nSPS) is 13.7. The van der Waals surface area contributed by atoms with Gasteiger partial charge in [-0.25, -0.2) is 9.18 Å². The smallest absolute Gasteiger partial charge is 0.335 e. The van der Waals surface area contributed by atoms with E-state index in [9.17, 15) is 19.4 Å². The highest BCUT2D eigenvalue weighted by Crippen LogP contribution is 2.43. The molecule has 0 heterocycles. The number of phenols is 1. The molecule has 6 heteroatoms. The Morgan fingerprint density at radius 1 is 0.900 bits per heavy atom. The lowest BCUT2D eigenvalue weighted by molar-refractivity contribution is 0.0696. The number of hydrogen-bond donors (Lipinski definition) is 2. The third-order valence-electron chi connectivity index (χ3n) is 5.27. The number of halogens is 3. The first kappa shape index (κ1) is 20.5. The molecule has 1 aliphatic carbocycles. The molecule has 0 saturated carbocycles. The Balaban J connectivity index is 2.07. The summed E-state index contributed by atoms with van der Waals surface area (Å²) in [5.74, 6) is -1.56. The standard InChI is InChI=1S/C24H17Cl2FO3/c25-15-5-8-18(21(26)11-15)19-3-1-2-13-10-14(24(29)30)4-7-17(13)23(19)20-12-16(28)6-9-22(20)27/h4-12,28H,1-3H2,(H,29,30). The topological polar surface area (TPSA) is 57.5 Å². The molecule has 4 rings (SSSR count). The van der Waals surface area contributed by atoms with E-state index < -0.39 is 11.8 Å². The molecule has 152 valence electrons. The van der Waals surface area contributed by atoms with Crippen molar-refractivity contribution in [1.29, 1.82) is 0 Å². The van der Waals surface area contributed by atoms with Crippen molar-refractivity contribution in [2.75, 3.05) is 0 Å². The van der Waals surface area contributed by atoms with E-state index in [0.717, 1.165) is 28.7 Å². The molecule has 30 heavy (non-hydrogen) atoms. The molecule has 0 saturated heterocycles. The van der Waals surface area contributed by atoms with Gasteiger partial charge in [0.25, 0.3) is 0 Å². The summed E-state index contributed by atoms with van der Waals surface area (Å²) in [5.41, 5.74) is 4.10. The number of aryl methyl sites for hydroxylation is 1. The number of carbonyl (C=O) groups is 1. The molecule has 3 aromatic carbocycles. The lowest BCUT2D eigenvalue weighted by Gasteiger charge is -2.18. The van der Waals surface area contributed by atoms with Crippen molar-refractivity contribution < 1.29 is 19.4 Å². The van der Waals surface area contributed by atoms with E-state index in [1.54, 1.807) is 30.3 Å². The first-order valence-electron chi connectivity index (χ1n) is 9.39. The zero-order chi connectivity index (χ0) is 21.4. The van der Waals surface area contributed by atoms with Crippen molar-refractivity contribution in [3.05, 3.63) is 98.3 Å². The molecule has 0 bridgehead atoms. The summed E-state index contributed by atoms with van der Waals surface area (Å²) in [7, 11) is 0. The number of carboxylic acid groups (broad SMARTS) is 1. The van der Waals surface area contributed by atoms with Crippen molar-refractivity contribution >= 4 is 40.3 Å². The number of carboxylic acids is 1. The molecule has 0 spiro atoms. The summed E-state index contributed by atoms with van der Waals surface area (Å²) in [6.07, 6.45) is 1.96. The van der Waals surface area contributed by atoms with Crippen LogP contribution in [0.2, 0.25) is 10.0 Å². The third kappa shape index (κ3) is 3.81. The minimum atomic E-state index is -1.02. The number of aromatic hydroxyl groups is 1. The molecule has 0 aliphatic heterocycles. The molecule has 3 nitrogen and oxygen atoms in total. The van der Waals surface area contributed by atoms with Crippen LogP contribution in [-0.2, 0) is 6.42 Å². The van der Waals surface area contributed by atoms with Gasteiger partial charge in [-0.3, -0.25) is 0 Å². The summed E-state index contributed by atoms with van der Waals surface area (Å²) in [6, 6.07) is 13.9. The molecule has 0 amide bonds. The van der Waals surface area contributed by atoms with Gasteiger partial charge in [-0.2, -0.15) is 0 Å². The zero-order valence-electron chi connectivity index (χ0n) is 15.8. The minimum Gasteiger partial charge on any atom is -0.508 e. The van der Waals surface area contributed by atoms with Gasteiger partial charge in [0.2, 0.25) is 0 Å². The second kappa shape index (κ2) is 8.13. The molecule has 0 atom stereocenters. The fourth-order valence-electron chi connectivity index (χ4n) is 3.94. The maximum Gasteiger partial charge on any atom is 0.335 e. The Morgan fingerprint density at radius 3 is 2.40 bits per heavy atom. The van der Waals surface area contributed by atoms with Gasteiger partial charge in [0, 0.05) is 15.6 Å². The quantitative estimate of drug-likeness (QED) is 0.467. The average molecular weight is 443 g/mol. The predicted molar refractivity (Wildman–Crippen MR) is 117 cm³/mol. The number of allylic oxidation sites excluding steroid dienone is 1. The Morgan fingerprint density at radius 2 is 1.67 bits per heavy atom. The minimum absolute atomic E-state index is 0.0617. The van der Waals surface area contributed by atoms with Crippen molar-refractivity contribution in [1.82, 2.24) is 0 Å². The zero-order valence-corrected chi connectivity index (χ0v) is 17.3. The van der Waals surface area contributed by atoms with E-state index in [1.165, 1.54) is 24.3 Å². The van der Waals surface area contributed by atoms with Gasteiger partial charge < -0.3 is 10.2 Å². The van der Waals surface area contributed by atoms with Crippen molar-refractivity contribution in [2.24, 2.45) is 0 Å². The van der Waals surface area contributed by atoms with Crippen LogP contribution in [-0.4, -0.2) is 16.2 Å². The summed E-state index contributed by atoms with van der Waals surface area (Å²) in [5, 5.41) is 20.4. The summed E-state index contributed by atoms with van der Waals surface area (Å²) >= 11 is 12.6. The molecular formula is C24H17Cl2FO3. The van der Waals surface area contributed by atoms with Gasteiger partial charge in [0.15, 0.2) is 0 Å². The third-order valence-corrected chi connectivity index (χ3v) is 5.82. The lowest BCUT2D eigenvalue weighted by Crippen LogP contribution is -2.02. The molecule has 0 unspecified atom stereocenters. The van der Waals surface area contributed by atoms with E-state index in [1.807, 2.05) is 0 Å². The van der Waals surface area contributed by atoms with E-state index in [4.69, 9.17) is 23.2 Å². The molecule has 3 aromatic rings. The first-order valence-corrected chi connectivity index (χ1v) is 10.1. The van der Waals surface area contributed by atoms with E-state index in [-0.39, 0.29) is 16.9 Å². The highest BCUT2D eigenvalue weighted by Gasteiger charge is 2.24. The Hall–Kier alpha value is -2.82. The van der Waals surface area contributed by atoms with Gasteiger partial charge in [0.05, 0.1) is 5.56 Å². The van der Waals surface area contributed by atoms with Crippen LogP contribution >= 0.6 is 23.2 Å². The largest absolute Gasteiger partial charge is 0.508 e. The fraction of sp³-hybridized carbons (Fsp3) is 0.125. The van der Waals surface area contributed by atoms with Crippen LogP contribution in [0.4, 0.5) is 4.39 Å². The Labute approximate surface area is 183 Å². The van der Waals surface area contributed by atoms with E-state index in [2.05, 4.69) is 0 Å². The SMILES string of the molecule is O=C(O)c1ccc2c(c1)CCCC(c1ccc(Cl)cc1Cl)=C2c1cc(O)ccc1F. The van der Waals surface area contributed by atoms with Crippen LogP contribution in [0, 0.1) is 5.82 Å². The van der Waals surface area contributed by atoms with Crippen LogP contribution in [0.15, 0.2) is 54.6 Å². The lowest BCUT2D eigenvalue weighted by atomic mass is 9.87. The number of fused-ring (bicyclic) bond motifs is 1. The van der Waals surface area contributed by atoms with Crippen LogP contribution in [0.1, 0.15) is 45.5 Å². The predicted octanol–water partition coefficient (Wildman–Crippen LogP) is 6.83. The first-order chi connectivity index (χ1) is 14.3. The van der Waals surface area contributed by atoms with E-state index in [0.29, 0.717) is 28.5 Å². The van der Waals surface area contributed by atoms with Gasteiger partial charge in [-0.15, -0.1) is 0 Å². The monoisotopic (exact) mass is 442 g/mol. The maximum absolute atomic E-state index is 14.9. The number of aromatic carboxylic acids is 1. The molecular weight excluding hydrogens is 426 g/mol. The van der Waals surface area contributed by atoms with Crippen molar-refractivity contribution in [3.8, 4) is 5.75 Å². The Kier molecular flexibility index (Phi) is 5.54. The van der Waals surface area contributed by atoms with Crippen molar-refractivity contribution in [3.63, 3.8) is 0 Å². The highest BCUT2D eigenvalue weighted by atomic mass is 35.5. The van der Waals surface area contributed by atoms with Gasteiger partial charge >= 0.3 is 5.97 Å². The van der Waals surface area contributed by atoms with E-state index >= 15 is 0 Å². The molecule has 1 aliphatic rings. The summed E-state index contributed by atoms with van der Waals surface area (Å²) in [6.45, 7) is 0. The molecule has 0 fully saturated rings. The van der Waals surface area contributed by atoms with Gasteiger partial charge in [0.1, 0.15) is 11.6 Å².